The van der Waals surface area contributed by atoms with Crippen molar-refractivity contribution in [2.45, 2.75) is 36.1 Å². The third-order valence-electron chi connectivity index (χ3n) is 4.88. The zero-order valence-corrected chi connectivity index (χ0v) is 12.7. The minimum Gasteiger partial charge on any atom is -0.367 e. The first-order valence-electron chi connectivity index (χ1n) is 7.76. The number of hydrogen-bond acceptors (Lipinski definition) is 3. The number of fused-ring (bicyclic) bond motifs is 3. The van der Waals surface area contributed by atoms with E-state index < -0.39 is 0 Å². The molecule has 4 rings (SSSR count). The van der Waals surface area contributed by atoms with Crippen molar-refractivity contribution in [3.05, 3.63) is 35.9 Å². The van der Waals surface area contributed by atoms with E-state index in [1.54, 1.807) is 11.3 Å². The summed E-state index contributed by atoms with van der Waals surface area (Å²) in [5.74, 6) is 1.96. The van der Waals surface area contributed by atoms with E-state index in [2.05, 4.69) is 40.7 Å². The number of rotatable bonds is 2. The third-order valence-corrected chi connectivity index (χ3v) is 5.99. The summed E-state index contributed by atoms with van der Waals surface area (Å²) >= 11 is 2.06. The fraction of sp³-hybridized carbons (Fsp3) is 0.529. The zero-order valence-electron chi connectivity index (χ0n) is 11.9. The molecule has 3 heteroatoms. The molecule has 0 saturated carbocycles. The number of benzene rings is 1. The van der Waals surface area contributed by atoms with E-state index in [1.807, 2.05) is 6.08 Å². The quantitative estimate of drug-likeness (QED) is 0.841. The summed E-state index contributed by atoms with van der Waals surface area (Å²) in [6.07, 6.45) is 5.62. The molecule has 1 aromatic rings. The maximum Gasteiger partial charge on any atom is 0.0544 e. The fourth-order valence-electron chi connectivity index (χ4n) is 4.07. The molecular formula is C17H22N2S. The van der Waals surface area contributed by atoms with Gasteiger partial charge in [0.25, 0.3) is 0 Å². The molecule has 1 fully saturated rings. The monoisotopic (exact) mass is 286 g/mol. The molecule has 0 aliphatic carbocycles. The van der Waals surface area contributed by atoms with Gasteiger partial charge in [0.1, 0.15) is 0 Å². The van der Waals surface area contributed by atoms with Crippen molar-refractivity contribution in [2.75, 3.05) is 30.3 Å². The Morgan fingerprint density at radius 3 is 3.30 bits per heavy atom. The van der Waals surface area contributed by atoms with E-state index in [4.69, 9.17) is 0 Å². The van der Waals surface area contributed by atoms with Crippen LogP contribution in [0, 0.1) is 0 Å². The van der Waals surface area contributed by atoms with Gasteiger partial charge < -0.3 is 10.2 Å². The summed E-state index contributed by atoms with van der Waals surface area (Å²) in [5, 5.41) is 3.60. The van der Waals surface area contributed by atoms with Gasteiger partial charge in [-0.25, -0.2) is 0 Å². The molecule has 3 aliphatic rings. The second kappa shape index (κ2) is 5.12. The van der Waals surface area contributed by atoms with Crippen molar-refractivity contribution in [3.8, 4) is 0 Å². The van der Waals surface area contributed by atoms with Crippen molar-refractivity contribution in [3.63, 3.8) is 0 Å². The number of nitrogens with one attached hydrogen (secondary N) is 1. The van der Waals surface area contributed by atoms with E-state index in [0.29, 0.717) is 5.92 Å². The van der Waals surface area contributed by atoms with Gasteiger partial charge in [-0.1, -0.05) is 12.1 Å². The summed E-state index contributed by atoms with van der Waals surface area (Å²) in [6, 6.07) is 5.60. The summed E-state index contributed by atoms with van der Waals surface area (Å²) in [5.41, 5.74) is 4.61. The number of thioether (sulfide) groups is 1. The molecule has 1 aromatic carbocycles. The Hall–Kier alpha value is -0.930. The molecule has 0 spiro atoms. The first-order chi connectivity index (χ1) is 9.88. The molecule has 106 valence electrons. The van der Waals surface area contributed by atoms with Crippen LogP contribution in [-0.4, -0.2) is 31.4 Å². The number of anilines is 1. The number of allylic oxidation sites excluding steroid dienone is 1. The first kappa shape index (κ1) is 12.8. The van der Waals surface area contributed by atoms with Crippen LogP contribution < -0.4 is 10.2 Å². The lowest BCUT2D eigenvalue weighted by molar-refractivity contribution is 0.403. The fourth-order valence-corrected chi connectivity index (χ4v) is 5.17. The highest BCUT2D eigenvalue weighted by Gasteiger charge is 2.41. The maximum absolute atomic E-state index is 3.90. The van der Waals surface area contributed by atoms with Gasteiger partial charge in [0.2, 0.25) is 0 Å². The van der Waals surface area contributed by atoms with Gasteiger partial charge in [0.05, 0.1) is 5.69 Å². The Morgan fingerprint density at radius 2 is 2.40 bits per heavy atom. The zero-order chi connectivity index (χ0) is 13.5. The predicted molar refractivity (Wildman–Crippen MR) is 87.0 cm³/mol. The predicted octanol–water partition coefficient (Wildman–Crippen LogP) is 3.18. The van der Waals surface area contributed by atoms with Crippen LogP contribution in [0.5, 0.6) is 0 Å². The summed E-state index contributed by atoms with van der Waals surface area (Å²) in [7, 11) is 0. The lowest BCUT2D eigenvalue weighted by atomic mass is 9.89. The van der Waals surface area contributed by atoms with Gasteiger partial charge >= 0.3 is 0 Å². The second-order valence-electron chi connectivity index (χ2n) is 6.09. The van der Waals surface area contributed by atoms with Crippen molar-refractivity contribution in [2.24, 2.45) is 0 Å². The number of nitrogens with zero attached hydrogens (tertiary/aromatic N) is 1. The number of hydrogen-bond donors (Lipinski definition) is 1. The molecular weight excluding hydrogens is 264 g/mol. The molecule has 2 nitrogen and oxygen atoms in total. The lowest BCUT2D eigenvalue weighted by Gasteiger charge is -2.33. The van der Waals surface area contributed by atoms with Crippen molar-refractivity contribution in [1.82, 2.24) is 5.32 Å². The molecule has 3 aliphatic heterocycles. The van der Waals surface area contributed by atoms with Crippen LogP contribution in [0.3, 0.4) is 0 Å². The standard InChI is InChI=1S/C17H22N2S/c1-2-4-12-9-13-14-11-18-6-5-15(14)19-7-3-8-20-16(10-12)17(13)19/h2,9-10,14-15,18H,1,3-8,11H2/t14-,15-/m0/s1. The molecule has 2 atom stereocenters. The molecule has 0 aromatic heterocycles. The van der Waals surface area contributed by atoms with Gasteiger partial charge in [0.15, 0.2) is 0 Å². The summed E-state index contributed by atoms with van der Waals surface area (Å²) < 4.78 is 0. The van der Waals surface area contributed by atoms with Crippen molar-refractivity contribution in [1.29, 1.82) is 0 Å². The molecule has 0 amide bonds. The Kier molecular flexibility index (Phi) is 3.27. The lowest BCUT2D eigenvalue weighted by Crippen LogP contribution is -2.44. The van der Waals surface area contributed by atoms with Gasteiger partial charge in [-0.3, -0.25) is 0 Å². The summed E-state index contributed by atoms with van der Waals surface area (Å²) in [4.78, 5) is 4.25. The minimum absolute atomic E-state index is 0.695. The highest BCUT2D eigenvalue weighted by Crippen LogP contribution is 2.49. The Morgan fingerprint density at radius 1 is 1.45 bits per heavy atom. The van der Waals surface area contributed by atoms with E-state index in [-0.39, 0.29) is 0 Å². The largest absolute Gasteiger partial charge is 0.367 e. The van der Waals surface area contributed by atoms with Crippen molar-refractivity contribution < 1.29 is 0 Å². The van der Waals surface area contributed by atoms with E-state index in [9.17, 15) is 0 Å². The van der Waals surface area contributed by atoms with Crippen LogP contribution in [0.25, 0.3) is 0 Å². The first-order valence-corrected chi connectivity index (χ1v) is 8.75. The topological polar surface area (TPSA) is 15.3 Å². The summed E-state index contributed by atoms with van der Waals surface area (Å²) in [6.45, 7) is 7.47. The average molecular weight is 286 g/mol. The molecule has 0 bridgehead atoms. The van der Waals surface area contributed by atoms with Gasteiger partial charge in [0, 0.05) is 29.9 Å². The van der Waals surface area contributed by atoms with E-state index >= 15 is 0 Å². The van der Waals surface area contributed by atoms with Gasteiger partial charge in [-0.15, -0.1) is 18.3 Å². The van der Waals surface area contributed by atoms with Crippen LogP contribution in [0.2, 0.25) is 0 Å². The normalized spacial score (nSPS) is 27.7. The second-order valence-corrected chi connectivity index (χ2v) is 7.22. The third kappa shape index (κ3) is 1.91. The Labute approximate surface area is 125 Å². The highest BCUT2D eigenvalue weighted by molar-refractivity contribution is 7.99. The van der Waals surface area contributed by atoms with E-state index in [0.717, 1.165) is 19.0 Å². The average Bonchev–Trinajstić information content (AvgIpc) is 2.64. The molecule has 1 saturated heterocycles. The van der Waals surface area contributed by atoms with Crippen LogP contribution in [0.15, 0.2) is 29.7 Å². The molecule has 3 heterocycles. The molecule has 20 heavy (non-hydrogen) atoms. The Balaban J connectivity index is 1.85. The molecule has 1 N–H and O–H groups in total. The molecule has 0 radical (unpaired) electrons. The number of piperidine rings is 1. The van der Waals surface area contributed by atoms with Crippen LogP contribution in [0.4, 0.5) is 5.69 Å². The van der Waals surface area contributed by atoms with E-state index in [1.165, 1.54) is 42.1 Å². The minimum atomic E-state index is 0.695. The van der Waals surface area contributed by atoms with Gasteiger partial charge in [-0.05, 0) is 48.8 Å². The van der Waals surface area contributed by atoms with Crippen LogP contribution in [0.1, 0.15) is 29.9 Å². The van der Waals surface area contributed by atoms with Crippen LogP contribution >= 0.6 is 11.8 Å². The van der Waals surface area contributed by atoms with Crippen molar-refractivity contribution >= 4 is 17.4 Å². The van der Waals surface area contributed by atoms with Crippen LogP contribution in [-0.2, 0) is 6.42 Å². The SMILES string of the molecule is C=CCc1cc2c3c(c1)[C@@H]1CNCC[C@@H]1N3CCCS2. The van der Waals surface area contributed by atoms with Gasteiger partial charge in [-0.2, -0.15) is 0 Å². The maximum atomic E-state index is 3.90. The highest BCUT2D eigenvalue weighted by atomic mass is 32.2. The Bertz CT molecular complexity index is 540. The smallest absolute Gasteiger partial charge is 0.0544 e. The molecule has 0 unspecified atom stereocenters.